The molecule has 1 atom stereocenters. The Morgan fingerprint density at radius 2 is 2.10 bits per heavy atom. The first kappa shape index (κ1) is 20.9. The summed E-state index contributed by atoms with van der Waals surface area (Å²) in [5, 5.41) is 6.70. The van der Waals surface area contributed by atoms with Gasteiger partial charge in [-0.1, -0.05) is 11.8 Å². The number of hydrogen-bond acceptors (Lipinski definition) is 7. The molecule has 0 radical (unpaired) electrons. The van der Waals surface area contributed by atoms with Crippen molar-refractivity contribution < 1.29 is 14.3 Å². The molecule has 1 aliphatic heterocycles. The van der Waals surface area contributed by atoms with Gasteiger partial charge in [-0.05, 0) is 45.1 Å². The van der Waals surface area contributed by atoms with Crippen LogP contribution in [0.25, 0.3) is 10.2 Å². The molecular weight excluding hydrogens is 424 g/mol. The Kier molecular flexibility index (Phi) is 5.88. The molecule has 160 valence electrons. The van der Waals surface area contributed by atoms with Crippen molar-refractivity contribution in [2.24, 2.45) is 7.05 Å². The highest BCUT2D eigenvalue weighted by molar-refractivity contribution is 7.99. The van der Waals surface area contributed by atoms with Crippen LogP contribution in [0.4, 0.5) is 4.79 Å². The van der Waals surface area contributed by atoms with Crippen LogP contribution < -0.4 is 16.2 Å². The first-order valence-electron chi connectivity index (χ1n) is 10.0. The van der Waals surface area contributed by atoms with Crippen LogP contribution in [0.5, 0.6) is 0 Å². The van der Waals surface area contributed by atoms with Crippen LogP contribution in [0.1, 0.15) is 37.1 Å². The molecule has 0 saturated heterocycles. The van der Waals surface area contributed by atoms with E-state index < -0.39 is 12.0 Å². The van der Waals surface area contributed by atoms with Crippen molar-refractivity contribution in [2.45, 2.75) is 50.7 Å². The van der Waals surface area contributed by atoms with Crippen LogP contribution in [0, 0.1) is 0 Å². The molecule has 2 N–H and O–H groups in total. The maximum absolute atomic E-state index is 13.0. The van der Waals surface area contributed by atoms with E-state index in [4.69, 9.17) is 9.72 Å². The van der Waals surface area contributed by atoms with Gasteiger partial charge in [0.25, 0.3) is 5.56 Å². The fraction of sp³-hybridized carbons (Fsp3) is 0.500. The van der Waals surface area contributed by atoms with Gasteiger partial charge in [-0.2, -0.15) is 0 Å². The second kappa shape index (κ2) is 8.43. The summed E-state index contributed by atoms with van der Waals surface area (Å²) in [6.07, 6.45) is 4.20. The highest BCUT2D eigenvalue weighted by Gasteiger charge is 2.30. The fourth-order valence-corrected chi connectivity index (χ4v) is 6.17. The number of urea groups is 1. The average molecular weight is 449 g/mol. The molecule has 2 aromatic heterocycles. The molecule has 4 rings (SSSR count). The van der Waals surface area contributed by atoms with Gasteiger partial charge in [-0.15, -0.1) is 11.3 Å². The van der Waals surface area contributed by atoms with Crippen LogP contribution >= 0.6 is 23.1 Å². The fourth-order valence-electron chi connectivity index (χ4n) is 3.93. The smallest absolute Gasteiger partial charge is 0.337 e. The van der Waals surface area contributed by atoms with Gasteiger partial charge in [0.2, 0.25) is 0 Å². The van der Waals surface area contributed by atoms with Crippen molar-refractivity contribution in [2.75, 3.05) is 12.4 Å². The number of thioether (sulfide) groups is 1. The number of aryl methyl sites for hydroxylation is 2. The van der Waals surface area contributed by atoms with Crippen LogP contribution in [0.15, 0.2) is 21.2 Å². The Bertz CT molecular complexity index is 1120. The van der Waals surface area contributed by atoms with Gasteiger partial charge in [0.05, 0.1) is 23.6 Å². The lowest BCUT2D eigenvalue weighted by molar-refractivity contribution is -0.138. The number of nitrogens with one attached hydrogen (secondary N) is 2. The lowest BCUT2D eigenvalue weighted by Crippen LogP contribution is -2.49. The SMILES string of the molecule is CCOC(=O)C1=C(CSc2nc3sc4c(c3c(=O)n2C)CCCC4)NC(=O)N[C@@H]1C. The Hall–Kier alpha value is -2.33. The summed E-state index contributed by atoms with van der Waals surface area (Å²) in [7, 11) is 1.72. The number of thiophene rings is 1. The number of hydrogen-bond donors (Lipinski definition) is 2. The minimum atomic E-state index is -0.462. The minimum absolute atomic E-state index is 0.0378. The highest BCUT2D eigenvalue weighted by Crippen LogP contribution is 2.34. The van der Waals surface area contributed by atoms with E-state index in [0.717, 1.165) is 41.5 Å². The van der Waals surface area contributed by atoms with Crippen molar-refractivity contribution in [3.8, 4) is 0 Å². The molecule has 0 saturated carbocycles. The second-order valence-electron chi connectivity index (χ2n) is 7.37. The Labute approximate surface area is 182 Å². The average Bonchev–Trinajstić information content (AvgIpc) is 3.07. The third-order valence-corrected chi connectivity index (χ3v) is 7.61. The van der Waals surface area contributed by atoms with E-state index in [-0.39, 0.29) is 18.2 Å². The van der Waals surface area contributed by atoms with Crippen molar-refractivity contribution >= 4 is 45.3 Å². The van der Waals surface area contributed by atoms with E-state index >= 15 is 0 Å². The molecule has 10 heteroatoms. The molecule has 2 aliphatic rings. The summed E-state index contributed by atoms with van der Waals surface area (Å²) >= 11 is 2.93. The van der Waals surface area contributed by atoms with E-state index in [1.165, 1.54) is 16.6 Å². The van der Waals surface area contributed by atoms with Gasteiger partial charge >= 0.3 is 12.0 Å². The van der Waals surface area contributed by atoms with Gasteiger partial charge < -0.3 is 15.4 Å². The van der Waals surface area contributed by atoms with Crippen molar-refractivity contribution in [1.29, 1.82) is 0 Å². The summed E-state index contributed by atoms with van der Waals surface area (Å²) in [6, 6.07) is -0.828. The molecular formula is C20H24N4O4S2. The van der Waals surface area contributed by atoms with Gasteiger partial charge in [-0.3, -0.25) is 9.36 Å². The quantitative estimate of drug-likeness (QED) is 0.414. The Balaban J connectivity index is 1.67. The monoisotopic (exact) mass is 448 g/mol. The summed E-state index contributed by atoms with van der Waals surface area (Å²) in [4.78, 5) is 44.2. The molecule has 0 unspecified atom stereocenters. The number of carbonyl (C=O) groups is 2. The van der Waals surface area contributed by atoms with Crippen LogP contribution in [0.2, 0.25) is 0 Å². The predicted octanol–water partition coefficient (Wildman–Crippen LogP) is 2.48. The van der Waals surface area contributed by atoms with E-state index in [1.54, 1.807) is 36.8 Å². The minimum Gasteiger partial charge on any atom is -0.463 e. The lowest BCUT2D eigenvalue weighted by atomic mass is 9.97. The van der Waals surface area contributed by atoms with E-state index in [2.05, 4.69) is 10.6 Å². The maximum atomic E-state index is 13.0. The molecule has 2 aromatic rings. The molecule has 0 bridgehead atoms. The third-order valence-electron chi connectivity index (χ3n) is 5.37. The van der Waals surface area contributed by atoms with Gasteiger partial charge in [0.15, 0.2) is 5.16 Å². The van der Waals surface area contributed by atoms with Crippen molar-refractivity contribution in [3.05, 3.63) is 32.1 Å². The van der Waals surface area contributed by atoms with Gasteiger partial charge in [0.1, 0.15) is 4.83 Å². The number of ether oxygens (including phenoxy) is 1. The van der Waals surface area contributed by atoms with E-state index in [0.29, 0.717) is 22.2 Å². The number of carbonyl (C=O) groups excluding carboxylic acids is 2. The summed E-state index contributed by atoms with van der Waals surface area (Å²) in [5.74, 6) is -0.167. The lowest BCUT2D eigenvalue weighted by Gasteiger charge is -2.26. The zero-order valence-electron chi connectivity index (χ0n) is 17.2. The third kappa shape index (κ3) is 3.74. The molecule has 3 heterocycles. The number of esters is 1. The molecule has 0 fully saturated rings. The normalized spacial score (nSPS) is 18.8. The molecule has 0 spiro atoms. The highest BCUT2D eigenvalue weighted by atomic mass is 32.2. The molecule has 1 aliphatic carbocycles. The molecule has 0 aromatic carbocycles. The summed E-state index contributed by atoms with van der Waals surface area (Å²) < 4.78 is 6.71. The zero-order valence-corrected chi connectivity index (χ0v) is 18.8. The number of amides is 2. The van der Waals surface area contributed by atoms with Crippen LogP contribution in [-0.4, -0.2) is 40.0 Å². The van der Waals surface area contributed by atoms with Crippen molar-refractivity contribution in [1.82, 2.24) is 20.2 Å². The number of aromatic nitrogens is 2. The Morgan fingerprint density at radius 1 is 1.33 bits per heavy atom. The second-order valence-corrected chi connectivity index (χ2v) is 9.40. The topological polar surface area (TPSA) is 102 Å². The van der Waals surface area contributed by atoms with Crippen LogP contribution in [-0.2, 0) is 29.4 Å². The predicted molar refractivity (Wildman–Crippen MR) is 117 cm³/mol. The number of rotatable bonds is 5. The largest absolute Gasteiger partial charge is 0.463 e. The van der Waals surface area contributed by atoms with Gasteiger partial charge in [0, 0.05) is 23.4 Å². The summed E-state index contributed by atoms with van der Waals surface area (Å²) in [6.45, 7) is 3.73. The zero-order chi connectivity index (χ0) is 21.4. The first-order valence-corrected chi connectivity index (χ1v) is 11.8. The standard InChI is InChI=1S/C20H24N4O4S2/c1-4-28-18(26)14-10(2)21-19(27)22-12(14)9-29-20-23-16-15(17(25)24(20)3)11-7-5-6-8-13(11)30-16/h10H,4-9H2,1-3H3,(H2,21,22,27)/t10-/m1/s1. The Morgan fingerprint density at radius 3 is 2.87 bits per heavy atom. The summed E-state index contributed by atoms with van der Waals surface area (Å²) in [5.41, 5.74) is 2.00. The van der Waals surface area contributed by atoms with Crippen molar-refractivity contribution in [3.63, 3.8) is 0 Å². The first-order chi connectivity index (χ1) is 14.4. The maximum Gasteiger partial charge on any atom is 0.337 e. The molecule has 2 amide bonds. The number of nitrogens with zero attached hydrogens (tertiary/aromatic N) is 2. The number of fused-ring (bicyclic) bond motifs is 3. The molecule has 30 heavy (non-hydrogen) atoms. The van der Waals surface area contributed by atoms with E-state index in [9.17, 15) is 14.4 Å². The van der Waals surface area contributed by atoms with E-state index in [1.807, 2.05) is 0 Å². The van der Waals surface area contributed by atoms with Gasteiger partial charge in [-0.25, -0.2) is 14.6 Å². The molecule has 8 nitrogen and oxygen atoms in total. The van der Waals surface area contributed by atoms with Crippen LogP contribution in [0.3, 0.4) is 0 Å².